The maximum absolute atomic E-state index is 11.8. The summed E-state index contributed by atoms with van der Waals surface area (Å²) in [4.78, 5) is 11.8. The van der Waals surface area contributed by atoms with E-state index in [1.807, 2.05) is 0 Å². The molecule has 0 atom stereocenters. The number of fused-ring (bicyclic) bond motifs is 1. The van der Waals surface area contributed by atoms with Crippen LogP contribution in [0.3, 0.4) is 0 Å². The van der Waals surface area contributed by atoms with Crippen LogP contribution in [0.15, 0.2) is 27.4 Å². The fourth-order valence-corrected chi connectivity index (χ4v) is 2.16. The molecule has 0 radical (unpaired) electrons. The molecule has 0 bridgehead atoms. The van der Waals surface area contributed by atoms with Crippen LogP contribution in [0.4, 0.5) is 0 Å². The van der Waals surface area contributed by atoms with Crippen molar-refractivity contribution in [1.82, 2.24) is 0 Å². The summed E-state index contributed by atoms with van der Waals surface area (Å²) >= 11 is 0. The molecule has 1 aromatic heterocycles. The van der Waals surface area contributed by atoms with Crippen molar-refractivity contribution in [2.24, 2.45) is 0 Å². The molecule has 0 saturated heterocycles. The molecule has 2 rings (SSSR count). The highest BCUT2D eigenvalue weighted by Crippen LogP contribution is 2.32. The molecule has 21 heavy (non-hydrogen) atoms. The highest BCUT2D eigenvalue weighted by atomic mass is 16.5. The Labute approximate surface area is 122 Å². The van der Waals surface area contributed by atoms with Crippen LogP contribution in [0, 0.1) is 0 Å². The lowest BCUT2D eigenvalue weighted by molar-refractivity contribution is 0.275. The van der Waals surface area contributed by atoms with E-state index < -0.39 is 5.63 Å². The van der Waals surface area contributed by atoms with E-state index in [1.54, 1.807) is 0 Å². The van der Waals surface area contributed by atoms with Crippen LogP contribution in [-0.2, 0) is 0 Å². The Balaban J connectivity index is 2.09. The second-order valence-corrected chi connectivity index (χ2v) is 5.01. The van der Waals surface area contributed by atoms with Gasteiger partial charge in [-0.1, -0.05) is 32.6 Å². The molecule has 1 heterocycles. The summed E-state index contributed by atoms with van der Waals surface area (Å²) in [5.41, 5.74) is -0.605. The molecule has 0 fully saturated rings. The van der Waals surface area contributed by atoms with Gasteiger partial charge in [-0.25, -0.2) is 4.79 Å². The molecule has 0 aliphatic heterocycles. The number of hydrogen-bond acceptors (Lipinski definition) is 5. The standard InChI is InChI=1S/C16H20O5/c1-2-3-4-5-6-9-20-15-14(18)12-8-7-11(17)10-13(12)21-16(15)19/h7-8,10,17-18H,2-6,9H2,1H3. The monoisotopic (exact) mass is 292 g/mol. The third-order valence-corrected chi connectivity index (χ3v) is 3.32. The Morgan fingerprint density at radius 2 is 1.90 bits per heavy atom. The zero-order chi connectivity index (χ0) is 15.2. The Bertz CT molecular complexity index is 660. The third-order valence-electron chi connectivity index (χ3n) is 3.32. The molecular formula is C16H20O5. The second kappa shape index (κ2) is 7.02. The van der Waals surface area contributed by atoms with Crippen molar-refractivity contribution in [3.05, 3.63) is 28.6 Å². The largest absolute Gasteiger partial charge is 0.508 e. The van der Waals surface area contributed by atoms with Crippen LogP contribution >= 0.6 is 0 Å². The molecule has 2 N–H and O–H groups in total. The van der Waals surface area contributed by atoms with Gasteiger partial charge in [0.25, 0.3) is 0 Å². The van der Waals surface area contributed by atoms with E-state index in [4.69, 9.17) is 9.15 Å². The number of hydrogen-bond donors (Lipinski definition) is 2. The number of ether oxygens (including phenoxy) is 1. The molecule has 5 nitrogen and oxygen atoms in total. The minimum Gasteiger partial charge on any atom is -0.508 e. The highest BCUT2D eigenvalue weighted by molar-refractivity contribution is 5.86. The molecule has 0 aliphatic rings. The van der Waals surface area contributed by atoms with Crippen LogP contribution in [-0.4, -0.2) is 16.8 Å². The predicted octanol–water partition coefficient (Wildman–Crippen LogP) is 3.55. The molecule has 5 heteroatoms. The van der Waals surface area contributed by atoms with E-state index in [1.165, 1.54) is 31.0 Å². The normalized spacial score (nSPS) is 10.9. The molecule has 0 spiro atoms. The van der Waals surface area contributed by atoms with Crippen LogP contribution < -0.4 is 10.4 Å². The van der Waals surface area contributed by atoms with Gasteiger partial charge in [0.05, 0.1) is 12.0 Å². The lowest BCUT2D eigenvalue weighted by atomic mass is 10.2. The summed E-state index contributed by atoms with van der Waals surface area (Å²) in [6, 6.07) is 4.18. The van der Waals surface area contributed by atoms with Crippen LogP contribution in [0.25, 0.3) is 11.0 Å². The van der Waals surface area contributed by atoms with Crippen molar-refractivity contribution < 1.29 is 19.4 Å². The van der Waals surface area contributed by atoms with Crippen molar-refractivity contribution in [3.63, 3.8) is 0 Å². The van der Waals surface area contributed by atoms with E-state index in [0.29, 0.717) is 12.0 Å². The van der Waals surface area contributed by atoms with Gasteiger partial charge >= 0.3 is 5.63 Å². The average molecular weight is 292 g/mol. The Morgan fingerprint density at radius 3 is 2.67 bits per heavy atom. The van der Waals surface area contributed by atoms with Gasteiger partial charge in [0.1, 0.15) is 11.3 Å². The first-order valence-electron chi connectivity index (χ1n) is 7.25. The number of benzene rings is 1. The van der Waals surface area contributed by atoms with Crippen molar-refractivity contribution in [2.45, 2.75) is 39.0 Å². The fraction of sp³-hybridized carbons (Fsp3) is 0.438. The topological polar surface area (TPSA) is 79.9 Å². The zero-order valence-corrected chi connectivity index (χ0v) is 12.1. The Morgan fingerprint density at radius 1 is 1.14 bits per heavy atom. The molecule has 0 unspecified atom stereocenters. The minimum atomic E-state index is -0.737. The van der Waals surface area contributed by atoms with Gasteiger partial charge in [0, 0.05) is 6.07 Å². The first-order valence-corrected chi connectivity index (χ1v) is 7.25. The molecule has 0 aliphatic carbocycles. The Kier molecular flexibility index (Phi) is 5.09. The highest BCUT2D eigenvalue weighted by Gasteiger charge is 2.15. The number of unbranched alkanes of at least 4 members (excludes halogenated alkanes) is 4. The van der Waals surface area contributed by atoms with E-state index in [9.17, 15) is 15.0 Å². The fourth-order valence-electron chi connectivity index (χ4n) is 2.16. The van der Waals surface area contributed by atoms with E-state index in [2.05, 4.69) is 6.92 Å². The summed E-state index contributed by atoms with van der Waals surface area (Å²) in [5.74, 6) is -0.437. The number of phenols is 1. The van der Waals surface area contributed by atoms with Gasteiger partial charge in [0.15, 0.2) is 5.75 Å². The van der Waals surface area contributed by atoms with Crippen LogP contribution in [0.2, 0.25) is 0 Å². The lowest BCUT2D eigenvalue weighted by Crippen LogP contribution is -2.08. The average Bonchev–Trinajstić information content (AvgIpc) is 2.45. The van der Waals surface area contributed by atoms with Crippen molar-refractivity contribution in [2.75, 3.05) is 6.61 Å². The molecular weight excluding hydrogens is 272 g/mol. The molecule has 2 aromatic rings. The van der Waals surface area contributed by atoms with Gasteiger partial charge in [-0.05, 0) is 18.6 Å². The van der Waals surface area contributed by atoms with E-state index in [0.717, 1.165) is 19.3 Å². The molecule has 1 aromatic carbocycles. The predicted molar refractivity (Wildman–Crippen MR) is 80.1 cm³/mol. The van der Waals surface area contributed by atoms with Crippen molar-refractivity contribution in [3.8, 4) is 17.2 Å². The summed E-state index contributed by atoms with van der Waals surface area (Å²) < 4.78 is 10.4. The number of rotatable bonds is 7. The van der Waals surface area contributed by atoms with Crippen LogP contribution in [0.5, 0.6) is 17.2 Å². The first kappa shape index (κ1) is 15.2. The molecule has 0 saturated carbocycles. The van der Waals surface area contributed by atoms with E-state index in [-0.39, 0.29) is 22.8 Å². The van der Waals surface area contributed by atoms with Gasteiger partial charge in [-0.2, -0.15) is 0 Å². The third kappa shape index (κ3) is 3.68. The Hall–Kier alpha value is -2.17. The molecule has 0 amide bonds. The van der Waals surface area contributed by atoms with Gasteiger partial charge < -0.3 is 19.4 Å². The summed E-state index contributed by atoms with van der Waals surface area (Å²) in [5, 5.41) is 19.8. The van der Waals surface area contributed by atoms with E-state index >= 15 is 0 Å². The number of aromatic hydroxyl groups is 2. The smallest absolute Gasteiger partial charge is 0.383 e. The van der Waals surface area contributed by atoms with Gasteiger partial charge in [-0.15, -0.1) is 0 Å². The SMILES string of the molecule is CCCCCCCOc1c(O)c2ccc(O)cc2oc1=O. The second-order valence-electron chi connectivity index (χ2n) is 5.01. The van der Waals surface area contributed by atoms with Crippen molar-refractivity contribution >= 4 is 11.0 Å². The zero-order valence-electron chi connectivity index (χ0n) is 12.1. The quantitative estimate of drug-likeness (QED) is 0.602. The van der Waals surface area contributed by atoms with Gasteiger partial charge in [0.2, 0.25) is 5.75 Å². The maximum Gasteiger partial charge on any atom is 0.383 e. The molecule has 114 valence electrons. The number of phenolic OH excluding ortho intramolecular Hbond substituents is 1. The lowest BCUT2D eigenvalue weighted by Gasteiger charge is -2.08. The summed E-state index contributed by atoms with van der Waals surface area (Å²) in [6.07, 6.45) is 5.35. The van der Waals surface area contributed by atoms with Crippen LogP contribution in [0.1, 0.15) is 39.0 Å². The summed E-state index contributed by atoms with van der Waals surface area (Å²) in [7, 11) is 0. The minimum absolute atomic E-state index is 0.0327. The summed E-state index contributed by atoms with van der Waals surface area (Å²) in [6.45, 7) is 2.51. The van der Waals surface area contributed by atoms with Crippen molar-refractivity contribution in [1.29, 1.82) is 0 Å². The maximum atomic E-state index is 11.8. The first-order chi connectivity index (χ1) is 10.1. The van der Waals surface area contributed by atoms with Gasteiger partial charge in [-0.3, -0.25) is 0 Å².